The monoisotopic (exact) mass is 256 g/mol. The molecular weight excluding hydrogens is 236 g/mol. The van der Waals surface area contributed by atoms with Gasteiger partial charge >= 0.3 is 5.97 Å². The molecular formula is C12H20N2O2S. The van der Waals surface area contributed by atoms with Gasteiger partial charge in [-0.2, -0.15) is 0 Å². The van der Waals surface area contributed by atoms with E-state index in [2.05, 4.69) is 23.6 Å². The lowest BCUT2D eigenvalue weighted by atomic mass is 10.0. The fraction of sp³-hybridized carbons (Fsp3) is 0.667. The number of thiazole rings is 1. The number of carbonyl (C=O) groups excluding carboxylic acids is 1. The van der Waals surface area contributed by atoms with Gasteiger partial charge < -0.3 is 10.5 Å². The van der Waals surface area contributed by atoms with E-state index >= 15 is 0 Å². The van der Waals surface area contributed by atoms with Crippen LogP contribution in [0.1, 0.15) is 60.9 Å². The number of esters is 1. The maximum atomic E-state index is 11.4. The highest BCUT2D eigenvalue weighted by Crippen LogP contribution is 2.32. The minimum atomic E-state index is -0.449. The first-order valence-corrected chi connectivity index (χ1v) is 6.80. The van der Waals surface area contributed by atoms with Gasteiger partial charge in [-0.3, -0.25) is 0 Å². The van der Waals surface area contributed by atoms with E-state index in [1.54, 1.807) is 0 Å². The Balaban J connectivity index is 2.86. The molecule has 0 amide bonds. The first-order chi connectivity index (χ1) is 8.13. The van der Waals surface area contributed by atoms with Gasteiger partial charge in [0.2, 0.25) is 0 Å². The first-order valence-electron chi connectivity index (χ1n) is 5.98. The van der Waals surface area contributed by atoms with E-state index in [1.807, 2.05) is 0 Å². The molecule has 0 aromatic carbocycles. The summed E-state index contributed by atoms with van der Waals surface area (Å²) in [6, 6.07) is 0. The van der Waals surface area contributed by atoms with Crippen LogP contribution in [0.4, 0.5) is 5.00 Å². The Morgan fingerprint density at radius 3 is 2.76 bits per heavy atom. The number of nitrogen functional groups attached to an aromatic ring is 1. The SMILES string of the molecule is CCCCC(CC)c1nc(C(=O)OC)c(N)s1. The molecule has 1 aromatic rings. The van der Waals surface area contributed by atoms with E-state index < -0.39 is 5.97 Å². The van der Waals surface area contributed by atoms with Crippen LogP contribution in [0.5, 0.6) is 0 Å². The molecule has 0 fully saturated rings. The summed E-state index contributed by atoms with van der Waals surface area (Å²) in [5.74, 6) is -0.0454. The zero-order valence-electron chi connectivity index (χ0n) is 10.7. The summed E-state index contributed by atoms with van der Waals surface area (Å²) in [5.41, 5.74) is 6.06. The van der Waals surface area contributed by atoms with Crippen molar-refractivity contribution in [3.8, 4) is 0 Å². The number of methoxy groups -OCH3 is 1. The van der Waals surface area contributed by atoms with Gasteiger partial charge in [-0.25, -0.2) is 9.78 Å². The fourth-order valence-electron chi connectivity index (χ4n) is 1.72. The van der Waals surface area contributed by atoms with Gasteiger partial charge in [-0.15, -0.1) is 11.3 Å². The number of nitrogens with two attached hydrogens (primary N) is 1. The molecule has 96 valence electrons. The van der Waals surface area contributed by atoms with Crippen LogP contribution in [0.25, 0.3) is 0 Å². The number of rotatable bonds is 6. The molecule has 0 bridgehead atoms. The van der Waals surface area contributed by atoms with E-state index in [0.717, 1.165) is 17.8 Å². The summed E-state index contributed by atoms with van der Waals surface area (Å²) in [7, 11) is 1.34. The van der Waals surface area contributed by atoms with Crippen molar-refractivity contribution in [2.75, 3.05) is 12.8 Å². The summed E-state index contributed by atoms with van der Waals surface area (Å²) in [6.45, 7) is 4.30. The third-order valence-corrected chi connectivity index (χ3v) is 3.84. The van der Waals surface area contributed by atoms with E-state index in [1.165, 1.54) is 31.3 Å². The van der Waals surface area contributed by atoms with Crippen molar-refractivity contribution >= 4 is 22.3 Å². The lowest BCUT2D eigenvalue weighted by Crippen LogP contribution is -2.05. The highest BCUT2D eigenvalue weighted by atomic mass is 32.1. The van der Waals surface area contributed by atoms with Crippen molar-refractivity contribution < 1.29 is 9.53 Å². The fourth-order valence-corrected chi connectivity index (χ4v) is 2.76. The standard InChI is InChI=1S/C12H20N2O2S/c1-4-6-7-8(5-2)11-14-9(10(13)17-11)12(15)16-3/h8H,4-7,13H2,1-3H3. The quantitative estimate of drug-likeness (QED) is 0.794. The zero-order chi connectivity index (χ0) is 12.8. The number of hydrogen-bond donors (Lipinski definition) is 1. The van der Waals surface area contributed by atoms with Crippen LogP contribution in [0.2, 0.25) is 0 Å². The minimum Gasteiger partial charge on any atom is -0.464 e. The summed E-state index contributed by atoms with van der Waals surface area (Å²) in [4.78, 5) is 15.7. The first kappa shape index (κ1) is 14.0. The van der Waals surface area contributed by atoms with Crippen molar-refractivity contribution in [3.63, 3.8) is 0 Å². The molecule has 1 rings (SSSR count). The van der Waals surface area contributed by atoms with Gasteiger partial charge in [-0.05, 0) is 12.8 Å². The van der Waals surface area contributed by atoms with Crippen molar-refractivity contribution in [2.45, 2.75) is 45.4 Å². The molecule has 1 atom stereocenters. The smallest absolute Gasteiger partial charge is 0.359 e. The van der Waals surface area contributed by atoms with Crippen LogP contribution in [-0.4, -0.2) is 18.1 Å². The number of hydrogen-bond acceptors (Lipinski definition) is 5. The molecule has 5 heteroatoms. The number of anilines is 1. The van der Waals surface area contributed by atoms with Crippen LogP contribution >= 0.6 is 11.3 Å². The summed E-state index contributed by atoms with van der Waals surface area (Å²) in [5, 5.41) is 1.42. The lowest BCUT2D eigenvalue weighted by Gasteiger charge is -2.10. The Hall–Kier alpha value is -1.10. The van der Waals surface area contributed by atoms with Gasteiger partial charge in [0.25, 0.3) is 0 Å². The van der Waals surface area contributed by atoms with Gasteiger partial charge in [0.05, 0.1) is 12.1 Å². The molecule has 0 aliphatic rings. The molecule has 0 spiro atoms. The minimum absolute atomic E-state index is 0.266. The van der Waals surface area contributed by atoms with Gasteiger partial charge in [0.1, 0.15) is 5.00 Å². The normalized spacial score (nSPS) is 12.4. The molecule has 0 saturated heterocycles. The molecule has 1 unspecified atom stereocenters. The summed E-state index contributed by atoms with van der Waals surface area (Å²) in [6.07, 6.45) is 4.46. The van der Waals surface area contributed by atoms with Crippen LogP contribution < -0.4 is 5.73 Å². The Kier molecular flexibility index (Phi) is 5.41. The molecule has 0 saturated carbocycles. The van der Waals surface area contributed by atoms with Crippen molar-refractivity contribution in [3.05, 3.63) is 10.7 Å². The van der Waals surface area contributed by atoms with Crippen LogP contribution in [0.3, 0.4) is 0 Å². The van der Waals surface area contributed by atoms with E-state index in [9.17, 15) is 4.79 Å². The molecule has 1 aromatic heterocycles. The van der Waals surface area contributed by atoms with Crippen molar-refractivity contribution in [1.82, 2.24) is 4.98 Å². The van der Waals surface area contributed by atoms with E-state index in [0.29, 0.717) is 10.9 Å². The Labute approximate surface area is 106 Å². The largest absolute Gasteiger partial charge is 0.464 e. The average Bonchev–Trinajstić information content (AvgIpc) is 2.71. The number of nitrogens with zero attached hydrogens (tertiary/aromatic N) is 1. The molecule has 0 aliphatic carbocycles. The number of carbonyl (C=O) groups is 1. The number of aromatic nitrogens is 1. The lowest BCUT2D eigenvalue weighted by molar-refractivity contribution is 0.0596. The van der Waals surface area contributed by atoms with Gasteiger partial charge in [-0.1, -0.05) is 26.7 Å². The van der Waals surface area contributed by atoms with E-state index in [4.69, 9.17) is 5.73 Å². The van der Waals surface area contributed by atoms with E-state index in [-0.39, 0.29) is 5.69 Å². The summed E-state index contributed by atoms with van der Waals surface area (Å²) < 4.78 is 4.65. The highest BCUT2D eigenvalue weighted by molar-refractivity contribution is 7.16. The number of unbranched alkanes of at least 4 members (excludes halogenated alkanes) is 1. The van der Waals surface area contributed by atoms with Crippen molar-refractivity contribution in [2.24, 2.45) is 0 Å². The van der Waals surface area contributed by atoms with Crippen LogP contribution in [-0.2, 0) is 4.74 Å². The van der Waals surface area contributed by atoms with Crippen LogP contribution in [0, 0.1) is 0 Å². The number of ether oxygens (including phenoxy) is 1. The molecule has 0 aliphatic heterocycles. The second-order valence-corrected chi connectivity index (χ2v) is 5.07. The van der Waals surface area contributed by atoms with Gasteiger partial charge in [0.15, 0.2) is 5.69 Å². The predicted molar refractivity (Wildman–Crippen MR) is 70.4 cm³/mol. The Bertz CT molecular complexity index is 377. The van der Waals surface area contributed by atoms with Gasteiger partial charge in [0, 0.05) is 5.92 Å². The maximum Gasteiger partial charge on any atom is 0.359 e. The molecule has 2 N–H and O–H groups in total. The molecule has 1 heterocycles. The highest BCUT2D eigenvalue weighted by Gasteiger charge is 2.20. The predicted octanol–water partition coefficient (Wildman–Crippen LogP) is 3.20. The molecule has 17 heavy (non-hydrogen) atoms. The maximum absolute atomic E-state index is 11.4. The molecule has 0 radical (unpaired) electrons. The second kappa shape index (κ2) is 6.59. The third-order valence-electron chi connectivity index (χ3n) is 2.80. The second-order valence-electron chi connectivity index (χ2n) is 4.00. The van der Waals surface area contributed by atoms with Crippen molar-refractivity contribution in [1.29, 1.82) is 0 Å². The Morgan fingerprint density at radius 1 is 1.53 bits per heavy atom. The average molecular weight is 256 g/mol. The Morgan fingerprint density at radius 2 is 2.24 bits per heavy atom. The zero-order valence-corrected chi connectivity index (χ0v) is 11.5. The third kappa shape index (κ3) is 3.43. The topological polar surface area (TPSA) is 65.2 Å². The van der Waals surface area contributed by atoms with Crippen LogP contribution in [0.15, 0.2) is 0 Å². The molecule has 4 nitrogen and oxygen atoms in total. The summed E-state index contributed by atoms with van der Waals surface area (Å²) >= 11 is 1.41.